The van der Waals surface area contributed by atoms with Crippen LogP contribution in [0.3, 0.4) is 0 Å². The third-order valence-corrected chi connectivity index (χ3v) is 9.11. The molecular weight excluding hydrogens is 683 g/mol. The molecule has 3 atom stereocenters. The van der Waals surface area contributed by atoms with Crippen LogP contribution in [-0.2, 0) is 23.1 Å². The number of nitrogens with one attached hydrogen (secondary N) is 2. The standard InChI is InChI=1S/C26H33F2N7O2.C11H14F3N/c1-14(35-22-21(19(11-27)34-35)23(36)33-16(3)32-22)17-7-9-18(10-8-17)25(4,5)13-26(6,20(30)12-28)24(37)31-15(2)29;1-7(2)10(15)8-3-5-9(6-4-8)11(12,13)14/h7-10,14,30H,11-13H2,1-6H3,(H2,29,31,37)(H,32,33,36);3-7,10H,15H2,1-2H3. The Hall–Kier alpha value is -4.79. The van der Waals surface area contributed by atoms with E-state index in [1.54, 1.807) is 6.92 Å². The topological polar surface area (TPSA) is 169 Å². The quantitative estimate of drug-likeness (QED) is 0.0711. The highest BCUT2D eigenvalue weighted by Gasteiger charge is 2.43. The number of fused-ring (bicyclic) bond motifs is 1. The zero-order chi connectivity index (χ0) is 39.3. The molecule has 0 aliphatic carbocycles. The molecule has 0 aliphatic heterocycles. The molecule has 0 fully saturated rings. The number of H-pyrrole nitrogens is 1. The van der Waals surface area contributed by atoms with Gasteiger partial charge < -0.3 is 21.9 Å². The van der Waals surface area contributed by atoms with Crippen molar-refractivity contribution in [1.29, 1.82) is 5.41 Å². The minimum absolute atomic E-state index is 0.0305. The van der Waals surface area contributed by atoms with Crippen LogP contribution < -0.4 is 17.0 Å². The molecule has 15 heteroatoms. The van der Waals surface area contributed by atoms with Gasteiger partial charge in [-0.15, -0.1) is 0 Å². The van der Waals surface area contributed by atoms with Crippen LogP contribution in [0.2, 0.25) is 0 Å². The number of halogens is 5. The molecule has 4 rings (SSSR count). The van der Waals surface area contributed by atoms with Gasteiger partial charge in [0.05, 0.1) is 28.6 Å². The molecule has 10 nitrogen and oxygen atoms in total. The van der Waals surface area contributed by atoms with Gasteiger partial charge in [0.25, 0.3) is 11.5 Å². The molecule has 0 saturated heterocycles. The molecule has 6 N–H and O–H groups in total. The molecule has 0 radical (unpaired) electrons. The molecule has 2 aromatic heterocycles. The molecule has 0 bridgehead atoms. The van der Waals surface area contributed by atoms with Crippen LogP contribution in [0, 0.1) is 23.7 Å². The summed E-state index contributed by atoms with van der Waals surface area (Å²) >= 11 is 0. The van der Waals surface area contributed by atoms with Crippen LogP contribution in [0.5, 0.6) is 0 Å². The van der Waals surface area contributed by atoms with Gasteiger partial charge in [0, 0.05) is 6.04 Å². The summed E-state index contributed by atoms with van der Waals surface area (Å²) in [7, 11) is 0. The first-order chi connectivity index (χ1) is 24.1. The number of aromatic amines is 1. The van der Waals surface area contributed by atoms with E-state index in [4.69, 9.17) is 16.9 Å². The van der Waals surface area contributed by atoms with Gasteiger partial charge in [0.1, 0.15) is 30.3 Å². The van der Waals surface area contributed by atoms with Gasteiger partial charge in [0.15, 0.2) is 5.65 Å². The molecule has 282 valence electrons. The predicted molar refractivity (Wildman–Crippen MR) is 193 cm³/mol. The maximum Gasteiger partial charge on any atom is 0.416 e. The average molecular weight is 731 g/mol. The van der Waals surface area contributed by atoms with Gasteiger partial charge in [-0.25, -0.2) is 23.4 Å². The minimum Gasteiger partial charge on any atom is -0.387 e. The number of amidine groups is 1. The van der Waals surface area contributed by atoms with Gasteiger partial charge in [-0.3, -0.25) is 9.59 Å². The Bertz CT molecular complexity index is 1960. The van der Waals surface area contributed by atoms with Crippen molar-refractivity contribution in [3.63, 3.8) is 0 Å². The van der Waals surface area contributed by atoms with Crippen LogP contribution in [0.15, 0.2) is 58.3 Å². The van der Waals surface area contributed by atoms with E-state index in [0.717, 1.165) is 28.8 Å². The highest BCUT2D eigenvalue weighted by atomic mass is 19.4. The summed E-state index contributed by atoms with van der Waals surface area (Å²) < 4.78 is 65.4. The van der Waals surface area contributed by atoms with E-state index in [0.29, 0.717) is 11.5 Å². The molecule has 4 aromatic rings. The smallest absolute Gasteiger partial charge is 0.387 e. The number of carbonyl (C=O) groups is 1. The van der Waals surface area contributed by atoms with Gasteiger partial charge in [-0.05, 0) is 74.3 Å². The summed E-state index contributed by atoms with van der Waals surface area (Å²) in [4.78, 5) is 36.0. The number of nitrogens with zero attached hydrogens (tertiary/aromatic N) is 4. The summed E-state index contributed by atoms with van der Waals surface area (Å²) in [6.07, 6.45) is -4.14. The van der Waals surface area contributed by atoms with E-state index in [-0.39, 0.29) is 47.0 Å². The van der Waals surface area contributed by atoms with Crippen molar-refractivity contribution in [2.45, 2.75) is 92.2 Å². The third-order valence-electron chi connectivity index (χ3n) is 9.11. The Morgan fingerprint density at radius 2 is 1.52 bits per heavy atom. The Labute approximate surface area is 299 Å². The molecule has 2 heterocycles. The number of rotatable bonds is 11. The monoisotopic (exact) mass is 730 g/mol. The molecule has 3 unspecified atom stereocenters. The van der Waals surface area contributed by atoms with Crippen molar-refractivity contribution in [3.05, 3.63) is 92.7 Å². The van der Waals surface area contributed by atoms with Crippen LogP contribution in [0.25, 0.3) is 11.0 Å². The van der Waals surface area contributed by atoms with Crippen molar-refractivity contribution in [2.75, 3.05) is 6.67 Å². The first-order valence-electron chi connectivity index (χ1n) is 16.6. The third kappa shape index (κ3) is 9.35. The van der Waals surface area contributed by atoms with E-state index >= 15 is 0 Å². The van der Waals surface area contributed by atoms with E-state index in [1.807, 2.05) is 58.9 Å². The highest BCUT2D eigenvalue weighted by molar-refractivity contribution is 6.10. The number of aryl methyl sites for hydroxylation is 1. The summed E-state index contributed by atoms with van der Waals surface area (Å²) in [5, 5.41) is 12.6. The predicted octanol–water partition coefficient (Wildman–Crippen LogP) is 7.43. The number of amides is 1. The molecule has 0 saturated carbocycles. The SMILES string of the molecule is CC(C)C(N)c1ccc(C(F)(F)F)cc1.CC(N)=NC(=O)C(C)(CC(C)(C)c1ccc(C(C)n2nc(CF)c3c(=O)[nH]c(C)nc32)cc1)C(=N)CF. The number of aliphatic imine (C=N–C) groups is 1. The zero-order valence-electron chi connectivity index (χ0n) is 30.6. The summed E-state index contributed by atoms with van der Waals surface area (Å²) in [6, 6.07) is 12.0. The first kappa shape index (κ1) is 41.6. The fourth-order valence-electron chi connectivity index (χ4n) is 5.95. The summed E-state index contributed by atoms with van der Waals surface area (Å²) in [6.45, 7) is 12.2. The molecule has 0 spiro atoms. The lowest BCUT2D eigenvalue weighted by Crippen LogP contribution is -2.42. The highest BCUT2D eigenvalue weighted by Crippen LogP contribution is 2.39. The Morgan fingerprint density at radius 3 is 2.00 bits per heavy atom. The Morgan fingerprint density at radius 1 is 0.981 bits per heavy atom. The maximum absolute atomic E-state index is 13.6. The number of alkyl halides is 5. The normalized spacial score (nSPS) is 14.8. The fourth-order valence-corrected chi connectivity index (χ4v) is 5.95. The number of hydrogen-bond donors (Lipinski definition) is 4. The number of aromatic nitrogens is 4. The number of benzene rings is 2. The second-order valence-corrected chi connectivity index (χ2v) is 14.1. The lowest BCUT2D eigenvalue weighted by Gasteiger charge is -2.35. The molecule has 52 heavy (non-hydrogen) atoms. The largest absolute Gasteiger partial charge is 0.416 e. The van der Waals surface area contributed by atoms with Gasteiger partial charge in [-0.1, -0.05) is 64.1 Å². The summed E-state index contributed by atoms with van der Waals surface area (Å²) in [5.41, 5.74) is 10.7. The molecule has 0 aliphatic rings. The van der Waals surface area contributed by atoms with E-state index in [9.17, 15) is 31.5 Å². The molecule has 1 amide bonds. The van der Waals surface area contributed by atoms with Crippen molar-refractivity contribution in [1.82, 2.24) is 19.7 Å². The Kier molecular flexibility index (Phi) is 13.0. The average Bonchev–Trinajstić information content (AvgIpc) is 3.45. The number of nitrogens with two attached hydrogens (primary N) is 2. The van der Waals surface area contributed by atoms with Crippen LogP contribution in [0.1, 0.15) is 101 Å². The lowest BCUT2D eigenvalue weighted by atomic mass is 9.68. The minimum atomic E-state index is -4.28. The van der Waals surface area contributed by atoms with Gasteiger partial charge in [-0.2, -0.15) is 18.3 Å². The first-order valence-corrected chi connectivity index (χ1v) is 16.6. The second kappa shape index (κ2) is 16.3. The van der Waals surface area contributed by atoms with Crippen LogP contribution >= 0.6 is 0 Å². The van der Waals surface area contributed by atoms with Gasteiger partial charge in [0.2, 0.25) is 0 Å². The van der Waals surface area contributed by atoms with Gasteiger partial charge >= 0.3 is 6.18 Å². The van der Waals surface area contributed by atoms with E-state index in [1.165, 1.54) is 30.7 Å². The van der Waals surface area contributed by atoms with Crippen molar-refractivity contribution in [3.8, 4) is 0 Å². The van der Waals surface area contributed by atoms with Crippen LogP contribution in [-0.4, -0.2) is 43.9 Å². The van der Waals surface area contributed by atoms with Crippen LogP contribution in [0.4, 0.5) is 22.0 Å². The number of carbonyl (C=O) groups excluding carboxylic acids is 1. The fraction of sp³-hybridized carbons (Fsp3) is 0.459. The van der Waals surface area contributed by atoms with Crippen molar-refractivity contribution >= 4 is 28.5 Å². The van der Waals surface area contributed by atoms with E-state index < -0.39 is 47.4 Å². The molecule has 2 aromatic carbocycles. The summed E-state index contributed by atoms with van der Waals surface area (Å²) in [5.74, 6) is 0.00828. The Balaban J connectivity index is 0.000000406. The molecular formula is C37H47F5N8O2. The second-order valence-electron chi connectivity index (χ2n) is 14.1. The van der Waals surface area contributed by atoms with Crippen molar-refractivity contribution < 1.29 is 26.7 Å². The maximum atomic E-state index is 13.6. The lowest BCUT2D eigenvalue weighted by molar-refractivity contribution is -0.137. The number of hydrogen-bond acceptors (Lipinski definition) is 6. The van der Waals surface area contributed by atoms with E-state index in [2.05, 4.69) is 20.1 Å². The zero-order valence-corrected chi connectivity index (χ0v) is 30.6. The van der Waals surface area contributed by atoms with Crippen molar-refractivity contribution in [2.24, 2.45) is 27.8 Å².